The fraction of sp³-hybridized carbons (Fsp3) is 0.941. The van der Waals surface area contributed by atoms with E-state index in [1.807, 2.05) is 0 Å². The second-order valence-corrected chi connectivity index (χ2v) is 7.60. The van der Waals surface area contributed by atoms with E-state index in [1.54, 1.807) is 0 Å². The third kappa shape index (κ3) is 3.03. The average molecular weight is 278 g/mol. The van der Waals surface area contributed by atoms with E-state index < -0.39 is 0 Å². The summed E-state index contributed by atoms with van der Waals surface area (Å²) in [7, 11) is 0. The fourth-order valence-electron chi connectivity index (χ4n) is 3.90. The summed E-state index contributed by atoms with van der Waals surface area (Å²) >= 11 is 0. The summed E-state index contributed by atoms with van der Waals surface area (Å²) in [5, 5.41) is 3.57. The molecule has 3 heteroatoms. The topological polar surface area (TPSA) is 32.3 Å². The van der Waals surface area contributed by atoms with Gasteiger partial charge >= 0.3 is 0 Å². The molecule has 0 radical (unpaired) electrons. The number of nitrogens with one attached hydrogen (secondary N) is 1. The van der Waals surface area contributed by atoms with Crippen LogP contribution < -0.4 is 5.32 Å². The van der Waals surface area contributed by atoms with Crippen LogP contribution in [0.3, 0.4) is 0 Å². The fourth-order valence-corrected chi connectivity index (χ4v) is 3.90. The van der Waals surface area contributed by atoms with Crippen LogP contribution in [0.1, 0.15) is 59.3 Å². The van der Waals surface area contributed by atoms with Crippen LogP contribution in [-0.4, -0.2) is 29.6 Å². The highest BCUT2D eigenvalue weighted by atomic mass is 16.2. The van der Waals surface area contributed by atoms with Gasteiger partial charge < -0.3 is 4.90 Å². The molecule has 3 rings (SSSR count). The molecule has 0 aromatic rings. The monoisotopic (exact) mass is 278 g/mol. The predicted molar refractivity (Wildman–Crippen MR) is 81.1 cm³/mol. The molecular weight excluding hydrogens is 248 g/mol. The Morgan fingerprint density at radius 3 is 2.25 bits per heavy atom. The van der Waals surface area contributed by atoms with Crippen molar-refractivity contribution in [3.8, 4) is 0 Å². The lowest BCUT2D eigenvalue weighted by Gasteiger charge is -2.28. The maximum Gasteiger partial charge on any atom is 0.241 e. The van der Waals surface area contributed by atoms with Crippen molar-refractivity contribution >= 4 is 5.91 Å². The molecule has 2 aliphatic carbocycles. The number of hydrogen-bond donors (Lipinski definition) is 1. The molecule has 3 nitrogen and oxygen atoms in total. The van der Waals surface area contributed by atoms with Crippen molar-refractivity contribution in [3.05, 3.63) is 0 Å². The molecule has 2 unspecified atom stereocenters. The van der Waals surface area contributed by atoms with Crippen LogP contribution >= 0.6 is 0 Å². The van der Waals surface area contributed by atoms with Crippen molar-refractivity contribution in [2.45, 2.75) is 71.5 Å². The van der Waals surface area contributed by atoms with Crippen molar-refractivity contribution in [2.24, 2.45) is 23.7 Å². The minimum Gasteiger partial charge on any atom is -0.326 e. The molecule has 20 heavy (non-hydrogen) atoms. The van der Waals surface area contributed by atoms with E-state index in [1.165, 1.54) is 25.7 Å². The van der Waals surface area contributed by atoms with Crippen LogP contribution in [0.5, 0.6) is 0 Å². The van der Waals surface area contributed by atoms with Gasteiger partial charge in [0.25, 0.3) is 0 Å². The molecule has 114 valence electrons. The smallest absolute Gasteiger partial charge is 0.241 e. The van der Waals surface area contributed by atoms with Crippen LogP contribution in [0.2, 0.25) is 0 Å². The summed E-state index contributed by atoms with van der Waals surface area (Å²) in [6.07, 6.45) is 7.91. The molecule has 3 fully saturated rings. The number of hydrogen-bond acceptors (Lipinski definition) is 2. The van der Waals surface area contributed by atoms with Crippen molar-refractivity contribution in [1.29, 1.82) is 0 Å². The van der Waals surface area contributed by atoms with Gasteiger partial charge in [0.2, 0.25) is 5.91 Å². The Kier molecular flexibility index (Phi) is 4.07. The quantitative estimate of drug-likeness (QED) is 0.776. The largest absolute Gasteiger partial charge is 0.326 e. The van der Waals surface area contributed by atoms with Crippen LogP contribution in [0, 0.1) is 23.7 Å². The standard InChI is InChI=1S/C17H30N2O/c1-4-16-18-15(9-11(2)3)17(20)19(16)10-14(12-5-6-12)13-7-8-13/h11-16,18H,4-10H2,1-3H3. The van der Waals surface area contributed by atoms with Gasteiger partial charge in [0.05, 0.1) is 12.2 Å². The minimum atomic E-state index is 0.0685. The van der Waals surface area contributed by atoms with Gasteiger partial charge in [-0.3, -0.25) is 10.1 Å². The molecule has 1 N–H and O–H groups in total. The second kappa shape index (κ2) is 5.67. The Morgan fingerprint density at radius 1 is 1.20 bits per heavy atom. The van der Waals surface area contributed by atoms with Crippen LogP contribution in [0.15, 0.2) is 0 Å². The lowest BCUT2D eigenvalue weighted by atomic mass is 9.96. The summed E-state index contributed by atoms with van der Waals surface area (Å²) in [4.78, 5) is 14.9. The SMILES string of the molecule is CCC1NC(CC(C)C)C(=O)N1CC(C1CC1)C1CC1. The molecular formula is C17H30N2O. The third-order valence-electron chi connectivity index (χ3n) is 5.31. The number of carbonyl (C=O) groups excluding carboxylic acids is 1. The Bertz CT molecular complexity index is 348. The first-order valence-electron chi connectivity index (χ1n) is 8.66. The summed E-state index contributed by atoms with van der Waals surface area (Å²) < 4.78 is 0. The van der Waals surface area contributed by atoms with Crippen molar-refractivity contribution in [1.82, 2.24) is 10.2 Å². The molecule has 0 bridgehead atoms. The van der Waals surface area contributed by atoms with Crippen LogP contribution in [0.25, 0.3) is 0 Å². The maximum absolute atomic E-state index is 12.7. The zero-order valence-corrected chi connectivity index (χ0v) is 13.3. The van der Waals surface area contributed by atoms with Gasteiger partial charge in [0.1, 0.15) is 0 Å². The van der Waals surface area contributed by atoms with E-state index in [0.29, 0.717) is 11.8 Å². The summed E-state index contributed by atoms with van der Waals surface area (Å²) in [6.45, 7) is 7.62. The average Bonchev–Trinajstić information content (AvgIpc) is 3.28. The van der Waals surface area contributed by atoms with E-state index in [0.717, 1.165) is 37.1 Å². The maximum atomic E-state index is 12.7. The van der Waals surface area contributed by atoms with Gasteiger partial charge in [-0.05, 0) is 62.2 Å². The minimum absolute atomic E-state index is 0.0685. The zero-order chi connectivity index (χ0) is 14.3. The third-order valence-corrected chi connectivity index (χ3v) is 5.31. The number of amides is 1. The van der Waals surface area contributed by atoms with Gasteiger partial charge in [-0.2, -0.15) is 0 Å². The molecule has 1 saturated heterocycles. The van der Waals surface area contributed by atoms with Gasteiger partial charge in [0.15, 0.2) is 0 Å². The highest BCUT2D eigenvalue weighted by molar-refractivity contribution is 5.84. The first kappa shape index (κ1) is 14.4. The molecule has 1 aliphatic heterocycles. The highest BCUT2D eigenvalue weighted by Crippen LogP contribution is 2.49. The van der Waals surface area contributed by atoms with E-state index in [-0.39, 0.29) is 12.2 Å². The van der Waals surface area contributed by atoms with Crippen molar-refractivity contribution in [3.63, 3.8) is 0 Å². The summed E-state index contributed by atoms with van der Waals surface area (Å²) in [6, 6.07) is 0.0685. The Hall–Kier alpha value is -0.570. The first-order valence-corrected chi connectivity index (χ1v) is 8.66. The first-order chi connectivity index (χ1) is 9.60. The Labute approximate surface area is 123 Å². The Balaban J connectivity index is 1.65. The Morgan fingerprint density at radius 2 is 1.80 bits per heavy atom. The number of rotatable bonds is 7. The van der Waals surface area contributed by atoms with Crippen molar-refractivity contribution < 1.29 is 4.79 Å². The lowest BCUT2D eigenvalue weighted by molar-refractivity contribution is -0.131. The molecule has 1 heterocycles. The van der Waals surface area contributed by atoms with Gasteiger partial charge in [-0.1, -0.05) is 20.8 Å². The predicted octanol–water partition coefficient (Wildman–Crippen LogP) is 3.01. The second-order valence-electron chi connectivity index (χ2n) is 7.60. The molecule has 2 saturated carbocycles. The zero-order valence-electron chi connectivity index (χ0n) is 13.3. The summed E-state index contributed by atoms with van der Waals surface area (Å²) in [5.41, 5.74) is 0. The molecule has 3 aliphatic rings. The van der Waals surface area contributed by atoms with Gasteiger partial charge in [0, 0.05) is 6.54 Å². The summed E-state index contributed by atoms with van der Waals surface area (Å²) in [5.74, 6) is 3.61. The molecule has 0 aromatic heterocycles. The molecule has 2 atom stereocenters. The number of carbonyl (C=O) groups is 1. The van der Waals surface area contributed by atoms with Crippen LogP contribution in [0.4, 0.5) is 0 Å². The van der Waals surface area contributed by atoms with E-state index in [4.69, 9.17) is 0 Å². The van der Waals surface area contributed by atoms with Crippen LogP contribution in [-0.2, 0) is 4.79 Å². The van der Waals surface area contributed by atoms with Gasteiger partial charge in [-0.25, -0.2) is 0 Å². The van der Waals surface area contributed by atoms with E-state index in [2.05, 4.69) is 31.0 Å². The van der Waals surface area contributed by atoms with E-state index >= 15 is 0 Å². The van der Waals surface area contributed by atoms with Crippen molar-refractivity contribution in [2.75, 3.05) is 6.54 Å². The molecule has 1 amide bonds. The molecule has 0 spiro atoms. The normalized spacial score (nSPS) is 30.9. The van der Waals surface area contributed by atoms with Gasteiger partial charge in [-0.15, -0.1) is 0 Å². The number of nitrogens with zero attached hydrogens (tertiary/aromatic N) is 1. The van der Waals surface area contributed by atoms with E-state index in [9.17, 15) is 4.79 Å². The lowest BCUT2D eigenvalue weighted by Crippen LogP contribution is -2.41. The molecule has 0 aromatic carbocycles. The highest BCUT2D eigenvalue weighted by Gasteiger charge is 2.46.